The fraction of sp³-hybridized carbons (Fsp3) is 0.136. The molecule has 0 bridgehead atoms. The van der Waals surface area contributed by atoms with E-state index in [2.05, 4.69) is 33.2 Å². The molecular formula is C22H17BrN2O4S. The number of anilines is 1. The molecule has 6 nitrogen and oxygen atoms in total. The molecule has 0 saturated carbocycles. The molecule has 0 aliphatic heterocycles. The molecule has 1 amide bonds. The minimum absolute atomic E-state index is 0.0743. The van der Waals surface area contributed by atoms with Gasteiger partial charge in [-0.05, 0) is 55.0 Å². The highest BCUT2D eigenvalue weighted by atomic mass is 79.9. The summed E-state index contributed by atoms with van der Waals surface area (Å²) >= 11 is 4.65. The van der Waals surface area contributed by atoms with E-state index in [1.807, 2.05) is 29.6 Å². The van der Waals surface area contributed by atoms with E-state index >= 15 is 0 Å². The minimum atomic E-state index is -0.693. The van der Waals surface area contributed by atoms with Crippen molar-refractivity contribution in [1.29, 1.82) is 0 Å². The molecule has 2 heterocycles. The van der Waals surface area contributed by atoms with Crippen molar-refractivity contribution in [3.8, 4) is 17.0 Å². The molecule has 0 fully saturated rings. The molecule has 8 heteroatoms. The van der Waals surface area contributed by atoms with Crippen LogP contribution in [0.1, 0.15) is 23.7 Å². The van der Waals surface area contributed by atoms with Gasteiger partial charge in [-0.3, -0.25) is 10.1 Å². The number of carbonyl (C=O) groups excluding carboxylic acids is 1. The zero-order chi connectivity index (χ0) is 21.1. The lowest BCUT2D eigenvalue weighted by atomic mass is 10.2. The number of carbonyl (C=O) groups is 1. The van der Waals surface area contributed by atoms with Crippen LogP contribution in [0.3, 0.4) is 0 Å². The molecule has 0 aliphatic carbocycles. The van der Waals surface area contributed by atoms with Crippen molar-refractivity contribution in [2.45, 2.75) is 13.3 Å². The van der Waals surface area contributed by atoms with Gasteiger partial charge in [0.1, 0.15) is 16.9 Å². The Hall–Kier alpha value is -2.97. The van der Waals surface area contributed by atoms with Crippen LogP contribution in [-0.2, 0) is 0 Å². The van der Waals surface area contributed by atoms with Crippen LogP contribution in [0.2, 0.25) is 0 Å². The van der Waals surface area contributed by atoms with E-state index in [4.69, 9.17) is 9.15 Å². The monoisotopic (exact) mass is 484 g/mol. The summed E-state index contributed by atoms with van der Waals surface area (Å²) in [6.07, 6.45) is 0.948. The van der Waals surface area contributed by atoms with Crippen LogP contribution < -0.4 is 15.7 Å². The Labute approximate surface area is 184 Å². The molecule has 0 unspecified atom stereocenters. The number of thiazole rings is 1. The lowest BCUT2D eigenvalue weighted by molar-refractivity contribution is 0.102. The SMILES string of the molecule is CCCOc1ccc(-c2csc(NC(=O)c3cc4cc(Br)ccc4oc3=O)n2)cc1. The Balaban J connectivity index is 1.52. The van der Waals surface area contributed by atoms with Gasteiger partial charge >= 0.3 is 5.63 Å². The second-order valence-corrected chi connectivity index (χ2v) is 8.27. The normalized spacial score (nSPS) is 10.9. The second-order valence-electron chi connectivity index (χ2n) is 6.49. The Morgan fingerprint density at radius 1 is 1.20 bits per heavy atom. The molecule has 4 aromatic rings. The van der Waals surface area contributed by atoms with Crippen LogP contribution in [-0.4, -0.2) is 17.5 Å². The van der Waals surface area contributed by atoms with Crippen molar-refractivity contribution < 1.29 is 13.9 Å². The van der Waals surface area contributed by atoms with Gasteiger partial charge in [0.05, 0.1) is 12.3 Å². The predicted molar refractivity (Wildman–Crippen MR) is 121 cm³/mol. The highest BCUT2D eigenvalue weighted by molar-refractivity contribution is 9.10. The lowest BCUT2D eigenvalue weighted by Crippen LogP contribution is -2.20. The van der Waals surface area contributed by atoms with E-state index < -0.39 is 11.5 Å². The summed E-state index contributed by atoms with van der Waals surface area (Å²) in [6.45, 7) is 2.73. The number of fused-ring (bicyclic) bond motifs is 1. The van der Waals surface area contributed by atoms with Crippen molar-refractivity contribution in [3.05, 3.63) is 74.4 Å². The van der Waals surface area contributed by atoms with Crippen LogP contribution in [0.5, 0.6) is 5.75 Å². The minimum Gasteiger partial charge on any atom is -0.494 e. The third-order valence-corrected chi connectivity index (χ3v) is 5.54. The number of benzene rings is 2. The molecule has 0 atom stereocenters. The Morgan fingerprint density at radius 3 is 2.77 bits per heavy atom. The second kappa shape index (κ2) is 8.81. The fourth-order valence-corrected chi connectivity index (χ4v) is 3.92. The molecule has 0 saturated heterocycles. The maximum absolute atomic E-state index is 12.6. The summed E-state index contributed by atoms with van der Waals surface area (Å²) in [6, 6.07) is 14.4. The van der Waals surface area contributed by atoms with Gasteiger partial charge in [-0.15, -0.1) is 11.3 Å². The molecule has 2 aromatic heterocycles. The molecular weight excluding hydrogens is 468 g/mol. The van der Waals surface area contributed by atoms with E-state index in [1.54, 1.807) is 18.2 Å². The van der Waals surface area contributed by atoms with Crippen molar-refractivity contribution in [2.24, 2.45) is 0 Å². The zero-order valence-corrected chi connectivity index (χ0v) is 18.4. The molecule has 0 radical (unpaired) electrons. The third-order valence-electron chi connectivity index (χ3n) is 4.29. The van der Waals surface area contributed by atoms with E-state index in [-0.39, 0.29) is 5.56 Å². The van der Waals surface area contributed by atoms with Crippen LogP contribution in [0, 0.1) is 0 Å². The van der Waals surface area contributed by atoms with E-state index in [1.165, 1.54) is 17.4 Å². The molecule has 4 rings (SSSR count). The van der Waals surface area contributed by atoms with Gasteiger partial charge in [0.15, 0.2) is 5.13 Å². The number of rotatable bonds is 6. The number of hydrogen-bond acceptors (Lipinski definition) is 6. The third kappa shape index (κ3) is 4.44. The lowest BCUT2D eigenvalue weighted by Gasteiger charge is -2.05. The summed E-state index contributed by atoms with van der Waals surface area (Å²) in [5.41, 5.74) is 1.29. The van der Waals surface area contributed by atoms with E-state index in [9.17, 15) is 9.59 Å². The number of hydrogen-bond donors (Lipinski definition) is 1. The zero-order valence-electron chi connectivity index (χ0n) is 16.0. The molecule has 152 valence electrons. The van der Waals surface area contributed by atoms with Gasteiger partial charge in [-0.2, -0.15) is 0 Å². The van der Waals surface area contributed by atoms with Gasteiger partial charge in [-0.1, -0.05) is 22.9 Å². The average Bonchev–Trinajstić information content (AvgIpc) is 3.20. The van der Waals surface area contributed by atoms with Crippen LogP contribution in [0.15, 0.2) is 67.6 Å². The topological polar surface area (TPSA) is 81.4 Å². The standard InChI is InChI=1S/C22H17BrN2O4S/c1-2-9-28-16-6-3-13(4-7-16)18-12-30-22(24-18)25-20(26)17-11-14-10-15(23)5-8-19(14)29-21(17)27/h3-8,10-12H,2,9H2,1H3,(H,24,25,26). The maximum atomic E-state index is 12.6. The van der Waals surface area contributed by atoms with Crippen molar-refractivity contribution in [3.63, 3.8) is 0 Å². The smallest absolute Gasteiger partial charge is 0.349 e. The van der Waals surface area contributed by atoms with E-state index in [0.29, 0.717) is 22.7 Å². The first-order valence-corrected chi connectivity index (χ1v) is 10.9. The van der Waals surface area contributed by atoms with Crippen LogP contribution >= 0.6 is 27.3 Å². The van der Waals surface area contributed by atoms with Gasteiger partial charge in [-0.25, -0.2) is 9.78 Å². The number of nitrogens with one attached hydrogen (secondary N) is 1. The van der Waals surface area contributed by atoms with Crippen molar-refractivity contribution in [1.82, 2.24) is 4.98 Å². The predicted octanol–water partition coefficient (Wildman–Crippen LogP) is 5.72. The number of amides is 1. The largest absolute Gasteiger partial charge is 0.494 e. The van der Waals surface area contributed by atoms with Crippen LogP contribution in [0.4, 0.5) is 5.13 Å². The van der Waals surface area contributed by atoms with Gasteiger partial charge in [0.25, 0.3) is 5.91 Å². The maximum Gasteiger partial charge on any atom is 0.349 e. The molecule has 2 aromatic carbocycles. The van der Waals surface area contributed by atoms with Gasteiger partial charge in [0, 0.05) is 20.8 Å². The summed E-state index contributed by atoms with van der Waals surface area (Å²) in [7, 11) is 0. The average molecular weight is 485 g/mol. The highest BCUT2D eigenvalue weighted by Crippen LogP contribution is 2.27. The Bertz CT molecular complexity index is 1260. The first-order valence-electron chi connectivity index (χ1n) is 9.27. The number of aromatic nitrogens is 1. The fourth-order valence-electron chi connectivity index (χ4n) is 2.82. The highest BCUT2D eigenvalue weighted by Gasteiger charge is 2.16. The number of halogens is 1. The molecule has 30 heavy (non-hydrogen) atoms. The van der Waals surface area contributed by atoms with Gasteiger partial charge < -0.3 is 9.15 Å². The van der Waals surface area contributed by atoms with Gasteiger partial charge in [0.2, 0.25) is 0 Å². The van der Waals surface area contributed by atoms with Crippen molar-refractivity contribution in [2.75, 3.05) is 11.9 Å². The Morgan fingerprint density at radius 2 is 2.00 bits per heavy atom. The first-order chi connectivity index (χ1) is 14.5. The summed E-state index contributed by atoms with van der Waals surface area (Å²) < 4.78 is 11.7. The molecule has 0 spiro atoms. The summed E-state index contributed by atoms with van der Waals surface area (Å²) in [5, 5.41) is 5.57. The van der Waals surface area contributed by atoms with Crippen molar-refractivity contribution >= 4 is 49.3 Å². The molecule has 0 aliphatic rings. The quantitative estimate of drug-likeness (QED) is 0.354. The van der Waals surface area contributed by atoms with Crippen LogP contribution in [0.25, 0.3) is 22.2 Å². The number of ether oxygens (including phenoxy) is 1. The summed E-state index contributed by atoms with van der Waals surface area (Å²) in [5.74, 6) is 0.244. The molecule has 1 N–H and O–H groups in total. The first kappa shape index (κ1) is 20.3. The number of nitrogens with zero attached hydrogens (tertiary/aromatic N) is 1. The Kier molecular flexibility index (Phi) is 5.96. The summed E-state index contributed by atoms with van der Waals surface area (Å²) in [4.78, 5) is 29.3. The van der Waals surface area contributed by atoms with E-state index in [0.717, 1.165) is 27.9 Å².